The van der Waals surface area contributed by atoms with E-state index in [4.69, 9.17) is 38.9 Å². The summed E-state index contributed by atoms with van der Waals surface area (Å²) in [7, 11) is 0. The van der Waals surface area contributed by atoms with Crippen molar-refractivity contribution in [1.29, 1.82) is 0 Å². The van der Waals surface area contributed by atoms with E-state index >= 15 is 0 Å². The number of aromatic nitrogens is 4. The minimum Gasteiger partial charge on any atom is -0.390 e. The van der Waals surface area contributed by atoms with Crippen LogP contribution >= 0.6 is 23.2 Å². The number of hydrogen-bond acceptors (Lipinski definition) is 6. The van der Waals surface area contributed by atoms with Gasteiger partial charge in [-0.25, -0.2) is 9.97 Å². The Hall–Kier alpha value is -2.19. The van der Waals surface area contributed by atoms with Crippen molar-refractivity contribution >= 4 is 29.0 Å². The van der Waals surface area contributed by atoms with Crippen LogP contribution in [0.15, 0.2) is 36.7 Å². The van der Waals surface area contributed by atoms with Gasteiger partial charge in [0.05, 0.1) is 28.0 Å². The van der Waals surface area contributed by atoms with Crippen LogP contribution in [0.4, 0.5) is 5.82 Å². The Balaban J connectivity index is 1.59. The molecule has 7 nitrogen and oxygen atoms in total. The second kappa shape index (κ2) is 9.12. The van der Waals surface area contributed by atoms with Crippen LogP contribution in [0.25, 0.3) is 11.3 Å². The van der Waals surface area contributed by atoms with Crippen LogP contribution < -0.4 is 10.6 Å². The molecule has 1 saturated heterocycles. The number of aliphatic hydroxyl groups is 1. The summed E-state index contributed by atoms with van der Waals surface area (Å²) in [4.78, 5) is 11.7. The van der Waals surface area contributed by atoms with E-state index in [1.807, 2.05) is 36.0 Å². The smallest absolute Gasteiger partial charge is 0.153 e. The van der Waals surface area contributed by atoms with Crippen LogP contribution in [0.3, 0.4) is 0 Å². The Morgan fingerprint density at radius 3 is 2.58 bits per heavy atom. The number of nitrogens with zero attached hydrogens (tertiary/aromatic N) is 5. The van der Waals surface area contributed by atoms with Gasteiger partial charge < -0.3 is 15.7 Å². The summed E-state index contributed by atoms with van der Waals surface area (Å²) in [6.45, 7) is 4.67. The molecule has 0 spiro atoms. The van der Waals surface area contributed by atoms with Gasteiger partial charge in [0.15, 0.2) is 5.82 Å². The second-order valence-electron chi connectivity index (χ2n) is 8.08. The lowest BCUT2D eigenvalue weighted by Gasteiger charge is -2.42. The van der Waals surface area contributed by atoms with Gasteiger partial charge in [-0.1, -0.05) is 35.3 Å². The Bertz CT molecular complexity index is 1050. The normalized spacial score (nSPS) is 16.0. The summed E-state index contributed by atoms with van der Waals surface area (Å²) < 4.78 is 1.95. The van der Waals surface area contributed by atoms with Gasteiger partial charge in [0.25, 0.3) is 0 Å². The molecule has 1 aromatic carbocycles. The van der Waals surface area contributed by atoms with E-state index in [2.05, 4.69) is 10.00 Å². The highest BCUT2D eigenvalue weighted by Gasteiger charge is 2.35. The number of aliphatic hydroxyl groups excluding tert-OH is 1. The third kappa shape index (κ3) is 4.41. The van der Waals surface area contributed by atoms with Crippen molar-refractivity contribution in [2.75, 3.05) is 24.5 Å². The van der Waals surface area contributed by atoms with Crippen molar-refractivity contribution in [3.8, 4) is 11.3 Å². The van der Waals surface area contributed by atoms with Crippen LogP contribution in [0, 0.1) is 12.3 Å². The fourth-order valence-electron chi connectivity index (χ4n) is 4.20. The number of nitrogens with two attached hydrogens (primary N) is 1. The number of aryl methyl sites for hydroxylation is 1. The molecule has 0 amide bonds. The van der Waals surface area contributed by atoms with E-state index in [0.717, 1.165) is 38.2 Å². The molecule has 3 aromatic rings. The molecule has 3 N–H and O–H groups in total. The molecular formula is C22H26Cl2N6O. The molecule has 0 aliphatic carbocycles. The zero-order valence-electron chi connectivity index (χ0n) is 17.4. The monoisotopic (exact) mass is 460 g/mol. The van der Waals surface area contributed by atoms with Crippen LogP contribution in [-0.4, -0.2) is 44.5 Å². The number of halogens is 2. The van der Waals surface area contributed by atoms with Gasteiger partial charge >= 0.3 is 0 Å². The Labute approximate surface area is 191 Å². The van der Waals surface area contributed by atoms with E-state index in [0.29, 0.717) is 39.4 Å². The number of benzene rings is 1. The summed E-state index contributed by atoms with van der Waals surface area (Å²) in [5, 5.41) is 15.3. The lowest BCUT2D eigenvalue weighted by molar-refractivity contribution is 0.183. The summed E-state index contributed by atoms with van der Waals surface area (Å²) in [6.07, 6.45) is 5.59. The molecule has 1 aliphatic heterocycles. The van der Waals surface area contributed by atoms with Crippen molar-refractivity contribution in [3.63, 3.8) is 0 Å². The predicted molar refractivity (Wildman–Crippen MR) is 123 cm³/mol. The number of anilines is 1. The average molecular weight is 461 g/mol. The molecule has 0 unspecified atom stereocenters. The van der Waals surface area contributed by atoms with Crippen LogP contribution in [0.1, 0.15) is 24.2 Å². The van der Waals surface area contributed by atoms with Crippen molar-refractivity contribution in [2.24, 2.45) is 11.1 Å². The fourth-order valence-corrected chi connectivity index (χ4v) is 4.59. The van der Waals surface area contributed by atoms with Gasteiger partial charge in [-0.15, -0.1) is 0 Å². The number of piperidine rings is 1. The van der Waals surface area contributed by atoms with Crippen LogP contribution in [0.2, 0.25) is 10.0 Å². The van der Waals surface area contributed by atoms with Gasteiger partial charge in [-0.05, 0) is 38.4 Å². The molecule has 31 heavy (non-hydrogen) atoms. The van der Waals surface area contributed by atoms with E-state index in [1.54, 1.807) is 12.3 Å². The van der Waals surface area contributed by atoms with Crippen molar-refractivity contribution in [1.82, 2.24) is 19.7 Å². The second-order valence-corrected chi connectivity index (χ2v) is 8.87. The molecular weight excluding hydrogens is 435 g/mol. The predicted octanol–water partition coefficient (Wildman–Crippen LogP) is 3.69. The standard InChI is InChI=1S/C22H26Cl2N6O/c1-15-20(16-4-2-5-17(23)19(16)24)28-18(12-31)21(27-15)29-10-6-22(13-25,7-11-29)14-30-9-3-8-26-30/h2-5,8-9,31H,6-7,10-14,25H2,1H3. The van der Waals surface area contributed by atoms with Gasteiger partial charge in [0.1, 0.15) is 5.69 Å². The van der Waals surface area contributed by atoms with Crippen LogP contribution in [-0.2, 0) is 13.2 Å². The molecule has 2 aromatic heterocycles. The number of hydrogen-bond donors (Lipinski definition) is 2. The topological polar surface area (TPSA) is 93.1 Å². The third-order valence-electron chi connectivity index (χ3n) is 6.09. The quantitative estimate of drug-likeness (QED) is 0.582. The summed E-state index contributed by atoms with van der Waals surface area (Å²) in [5.41, 5.74) is 8.79. The minimum atomic E-state index is -0.209. The van der Waals surface area contributed by atoms with Gasteiger partial charge in [0.2, 0.25) is 0 Å². The Morgan fingerprint density at radius 2 is 1.94 bits per heavy atom. The molecule has 164 valence electrons. The summed E-state index contributed by atoms with van der Waals surface area (Å²) in [5.74, 6) is 0.714. The van der Waals surface area contributed by atoms with E-state index in [-0.39, 0.29) is 12.0 Å². The van der Waals surface area contributed by atoms with E-state index in [1.165, 1.54) is 0 Å². The van der Waals surface area contributed by atoms with Gasteiger partial charge in [-0.3, -0.25) is 4.68 Å². The van der Waals surface area contributed by atoms with E-state index < -0.39 is 0 Å². The molecule has 4 rings (SSSR count). The first-order valence-corrected chi connectivity index (χ1v) is 11.1. The molecule has 3 heterocycles. The first-order chi connectivity index (χ1) is 15.0. The first kappa shape index (κ1) is 22.0. The highest BCUT2D eigenvalue weighted by Crippen LogP contribution is 2.37. The number of rotatable bonds is 6. The van der Waals surface area contributed by atoms with Gasteiger partial charge in [0, 0.05) is 43.0 Å². The maximum absolute atomic E-state index is 10.0. The van der Waals surface area contributed by atoms with Crippen LogP contribution in [0.5, 0.6) is 0 Å². The van der Waals surface area contributed by atoms with E-state index in [9.17, 15) is 5.11 Å². The van der Waals surface area contributed by atoms with Gasteiger partial charge in [-0.2, -0.15) is 5.10 Å². The zero-order valence-corrected chi connectivity index (χ0v) is 18.9. The molecule has 0 saturated carbocycles. The molecule has 0 bridgehead atoms. The minimum absolute atomic E-state index is 0.00136. The largest absolute Gasteiger partial charge is 0.390 e. The molecule has 1 fully saturated rings. The maximum Gasteiger partial charge on any atom is 0.153 e. The highest BCUT2D eigenvalue weighted by molar-refractivity contribution is 6.43. The SMILES string of the molecule is Cc1nc(N2CCC(CN)(Cn3cccn3)CC2)c(CO)nc1-c1cccc(Cl)c1Cl. The highest BCUT2D eigenvalue weighted by atomic mass is 35.5. The van der Waals surface area contributed by atoms with Crippen molar-refractivity contribution < 1.29 is 5.11 Å². The zero-order chi connectivity index (χ0) is 22.0. The lowest BCUT2D eigenvalue weighted by Crippen LogP contribution is -2.46. The molecule has 0 atom stereocenters. The summed E-state index contributed by atoms with van der Waals surface area (Å²) in [6, 6.07) is 7.35. The molecule has 9 heteroatoms. The third-order valence-corrected chi connectivity index (χ3v) is 6.91. The Kier molecular flexibility index (Phi) is 6.48. The first-order valence-electron chi connectivity index (χ1n) is 10.3. The van der Waals surface area contributed by atoms with Crippen molar-refractivity contribution in [3.05, 3.63) is 58.1 Å². The fraction of sp³-hybridized carbons (Fsp3) is 0.409. The average Bonchev–Trinajstić information content (AvgIpc) is 3.29. The molecule has 1 aliphatic rings. The summed E-state index contributed by atoms with van der Waals surface area (Å²) >= 11 is 12.6. The van der Waals surface area contributed by atoms with Crippen molar-refractivity contribution in [2.45, 2.75) is 32.9 Å². The Morgan fingerprint density at radius 1 is 1.16 bits per heavy atom. The molecule has 0 radical (unpaired) electrons. The lowest BCUT2D eigenvalue weighted by atomic mass is 9.78. The maximum atomic E-state index is 10.0.